The summed E-state index contributed by atoms with van der Waals surface area (Å²) >= 11 is 12.0. The Morgan fingerprint density at radius 1 is 1.18 bits per heavy atom. The third-order valence-corrected chi connectivity index (χ3v) is 2.98. The maximum Gasteiger partial charge on any atom is 0.0719 e. The van der Waals surface area contributed by atoms with Crippen LogP contribution in [0.2, 0.25) is 10.0 Å². The van der Waals surface area contributed by atoms with E-state index in [2.05, 4.69) is 19.2 Å². The molecule has 0 unspecified atom stereocenters. The SMILES string of the molecule is CC(C)CCOCCNc1c(Cl)cccc1Cl. The number of benzene rings is 1. The lowest BCUT2D eigenvalue weighted by Crippen LogP contribution is -2.11. The Balaban J connectivity index is 2.22. The van der Waals surface area contributed by atoms with Gasteiger partial charge in [-0.3, -0.25) is 0 Å². The summed E-state index contributed by atoms with van der Waals surface area (Å²) in [5.41, 5.74) is 0.781. The van der Waals surface area contributed by atoms with Gasteiger partial charge in [0.15, 0.2) is 0 Å². The van der Waals surface area contributed by atoms with Gasteiger partial charge in [0.2, 0.25) is 0 Å². The fourth-order valence-corrected chi connectivity index (χ4v) is 1.87. The molecule has 0 aromatic heterocycles. The molecule has 0 aliphatic heterocycles. The average Bonchev–Trinajstić information content (AvgIpc) is 2.26. The number of rotatable bonds is 7. The van der Waals surface area contributed by atoms with E-state index < -0.39 is 0 Å². The van der Waals surface area contributed by atoms with E-state index in [1.807, 2.05) is 18.2 Å². The van der Waals surface area contributed by atoms with Gasteiger partial charge >= 0.3 is 0 Å². The first kappa shape index (κ1) is 14.6. The van der Waals surface area contributed by atoms with Crippen LogP contribution in [0.1, 0.15) is 20.3 Å². The fraction of sp³-hybridized carbons (Fsp3) is 0.538. The number of para-hydroxylation sites is 1. The number of hydrogen-bond acceptors (Lipinski definition) is 2. The number of anilines is 1. The second kappa shape index (κ2) is 7.80. The van der Waals surface area contributed by atoms with E-state index >= 15 is 0 Å². The third kappa shape index (κ3) is 5.62. The fourth-order valence-electron chi connectivity index (χ4n) is 1.34. The smallest absolute Gasteiger partial charge is 0.0719 e. The highest BCUT2D eigenvalue weighted by Gasteiger charge is 2.03. The minimum absolute atomic E-state index is 0.639. The van der Waals surface area contributed by atoms with Gasteiger partial charge in [0, 0.05) is 13.2 Å². The standard InChI is InChI=1S/C13H19Cl2NO/c1-10(2)6-8-17-9-7-16-13-11(14)4-3-5-12(13)15/h3-5,10,16H,6-9H2,1-2H3. The van der Waals surface area contributed by atoms with Crippen LogP contribution in [0.25, 0.3) is 0 Å². The van der Waals surface area contributed by atoms with E-state index in [0.717, 1.165) is 18.7 Å². The highest BCUT2D eigenvalue weighted by Crippen LogP contribution is 2.29. The first-order valence-electron chi connectivity index (χ1n) is 5.87. The van der Waals surface area contributed by atoms with E-state index in [9.17, 15) is 0 Å². The van der Waals surface area contributed by atoms with E-state index in [1.165, 1.54) is 0 Å². The molecule has 2 nitrogen and oxygen atoms in total. The number of hydrogen-bond donors (Lipinski definition) is 1. The average molecular weight is 276 g/mol. The van der Waals surface area contributed by atoms with Crippen molar-refractivity contribution in [3.05, 3.63) is 28.2 Å². The zero-order chi connectivity index (χ0) is 12.7. The number of halogens is 2. The molecule has 0 spiro atoms. The summed E-state index contributed by atoms with van der Waals surface area (Å²) < 4.78 is 5.50. The van der Waals surface area contributed by atoms with Gasteiger partial charge in [-0.15, -0.1) is 0 Å². The Bertz CT molecular complexity index is 322. The van der Waals surface area contributed by atoms with Crippen molar-refractivity contribution < 1.29 is 4.74 Å². The van der Waals surface area contributed by atoms with Crippen LogP contribution in [0.5, 0.6) is 0 Å². The van der Waals surface area contributed by atoms with Gasteiger partial charge in [-0.2, -0.15) is 0 Å². The summed E-state index contributed by atoms with van der Waals surface area (Å²) in [6, 6.07) is 5.46. The molecule has 1 N–H and O–H groups in total. The molecule has 0 bridgehead atoms. The van der Waals surface area contributed by atoms with Gasteiger partial charge in [0.1, 0.15) is 0 Å². The Hall–Kier alpha value is -0.440. The summed E-state index contributed by atoms with van der Waals surface area (Å²) in [4.78, 5) is 0. The lowest BCUT2D eigenvalue weighted by atomic mass is 10.1. The van der Waals surface area contributed by atoms with Gasteiger partial charge in [-0.1, -0.05) is 43.1 Å². The zero-order valence-corrected chi connectivity index (χ0v) is 11.8. The van der Waals surface area contributed by atoms with Gasteiger partial charge in [-0.25, -0.2) is 0 Å². The topological polar surface area (TPSA) is 21.3 Å². The monoisotopic (exact) mass is 275 g/mol. The quantitative estimate of drug-likeness (QED) is 0.742. The normalized spacial score (nSPS) is 10.9. The summed E-state index contributed by atoms with van der Waals surface area (Å²) in [7, 11) is 0. The lowest BCUT2D eigenvalue weighted by molar-refractivity contribution is 0.132. The molecule has 4 heteroatoms. The summed E-state index contributed by atoms with van der Waals surface area (Å²) in [5, 5.41) is 4.46. The highest BCUT2D eigenvalue weighted by molar-refractivity contribution is 6.39. The molecule has 1 aromatic rings. The van der Waals surface area contributed by atoms with Crippen LogP contribution in [-0.2, 0) is 4.74 Å². The molecule has 0 aliphatic rings. The highest BCUT2D eigenvalue weighted by atomic mass is 35.5. The first-order chi connectivity index (χ1) is 8.11. The van der Waals surface area contributed by atoms with Crippen molar-refractivity contribution in [1.29, 1.82) is 0 Å². The van der Waals surface area contributed by atoms with Crippen molar-refractivity contribution in [3.8, 4) is 0 Å². The van der Waals surface area contributed by atoms with Crippen molar-refractivity contribution in [2.75, 3.05) is 25.1 Å². The summed E-state index contributed by atoms with van der Waals surface area (Å²) in [6.45, 7) is 6.54. The van der Waals surface area contributed by atoms with Crippen molar-refractivity contribution in [1.82, 2.24) is 0 Å². The van der Waals surface area contributed by atoms with E-state index in [4.69, 9.17) is 27.9 Å². The predicted molar refractivity (Wildman–Crippen MR) is 75.2 cm³/mol. The maximum atomic E-state index is 6.02. The van der Waals surface area contributed by atoms with Crippen LogP contribution in [0.15, 0.2) is 18.2 Å². The molecule has 0 atom stereocenters. The Labute approximate surface area is 113 Å². The molecular weight excluding hydrogens is 257 g/mol. The van der Waals surface area contributed by atoms with Crippen LogP contribution < -0.4 is 5.32 Å². The molecule has 17 heavy (non-hydrogen) atoms. The first-order valence-corrected chi connectivity index (χ1v) is 6.62. The molecule has 0 aliphatic carbocycles. The molecule has 96 valence electrons. The molecule has 0 fully saturated rings. The molecule has 0 radical (unpaired) electrons. The van der Waals surface area contributed by atoms with Crippen molar-refractivity contribution in [2.24, 2.45) is 5.92 Å². The van der Waals surface area contributed by atoms with Crippen LogP contribution in [-0.4, -0.2) is 19.8 Å². The number of ether oxygens (including phenoxy) is 1. The molecule has 0 heterocycles. The number of nitrogens with one attached hydrogen (secondary N) is 1. The lowest BCUT2D eigenvalue weighted by Gasteiger charge is -2.11. The third-order valence-electron chi connectivity index (χ3n) is 2.35. The van der Waals surface area contributed by atoms with Crippen LogP contribution in [0.4, 0.5) is 5.69 Å². The molecule has 0 saturated carbocycles. The second-order valence-electron chi connectivity index (χ2n) is 4.32. The minimum Gasteiger partial charge on any atom is -0.380 e. The Kier molecular flexibility index (Phi) is 6.71. The summed E-state index contributed by atoms with van der Waals surface area (Å²) in [5.74, 6) is 0.681. The molecule has 1 rings (SSSR count). The summed E-state index contributed by atoms with van der Waals surface area (Å²) in [6.07, 6.45) is 1.09. The largest absolute Gasteiger partial charge is 0.380 e. The van der Waals surface area contributed by atoms with Gasteiger partial charge in [0.05, 0.1) is 22.3 Å². The minimum atomic E-state index is 0.639. The van der Waals surface area contributed by atoms with E-state index in [0.29, 0.717) is 29.1 Å². The van der Waals surface area contributed by atoms with E-state index in [-0.39, 0.29) is 0 Å². The van der Waals surface area contributed by atoms with Gasteiger partial charge < -0.3 is 10.1 Å². The Morgan fingerprint density at radius 2 is 1.82 bits per heavy atom. The Morgan fingerprint density at radius 3 is 2.41 bits per heavy atom. The molecule has 0 amide bonds. The molecule has 1 aromatic carbocycles. The van der Waals surface area contributed by atoms with E-state index in [1.54, 1.807) is 0 Å². The zero-order valence-electron chi connectivity index (χ0n) is 10.3. The van der Waals surface area contributed by atoms with Crippen molar-refractivity contribution in [3.63, 3.8) is 0 Å². The van der Waals surface area contributed by atoms with Crippen molar-refractivity contribution >= 4 is 28.9 Å². The second-order valence-corrected chi connectivity index (χ2v) is 5.13. The van der Waals surface area contributed by atoms with Crippen molar-refractivity contribution in [2.45, 2.75) is 20.3 Å². The van der Waals surface area contributed by atoms with Crippen LogP contribution in [0, 0.1) is 5.92 Å². The predicted octanol–water partition coefficient (Wildman–Crippen LogP) is 4.47. The van der Waals surface area contributed by atoms with Crippen LogP contribution in [0.3, 0.4) is 0 Å². The molecular formula is C13H19Cl2NO. The maximum absolute atomic E-state index is 6.02. The van der Waals surface area contributed by atoms with Gasteiger partial charge in [0.25, 0.3) is 0 Å². The van der Waals surface area contributed by atoms with Gasteiger partial charge in [-0.05, 0) is 24.5 Å². The van der Waals surface area contributed by atoms with Crippen LogP contribution >= 0.6 is 23.2 Å². The molecule has 0 saturated heterocycles.